The predicted molar refractivity (Wildman–Crippen MR) is 86.9 cm³/mol. The molecule has 1 N–H and O–H groups in total. The van der Waals surface area contributed by atoms with Crippen LogP contribution in [0.2, 0.25) is 0 Å². The first kappa shape index (κ1) is 15.9. The first-order chi connectivity index (χ1) is 10.9. The molecule has 0 spiro atoms. The third-order valence-electron chi connectivity index (χ3n) is 3.51. The lowest BCUT2D eigenvalue weighted by Crippen LogP contribution is -2.20. The lowest BCUT2D eigenvalue weighted by molar-refractivity contribution is 0.0979. The van der Waals surface area contributed by atoms with E-state index in [0.29, 0.717) is 27.1 Å². The SMILES string of the molecule is O=C1c2ccccc2C(=O)c2cc(SCCS(=O)(=O)O)ccc21. The molecule has 0 fully saturated rings. The van der Waals surface area contributed by atoms with Crippen molar-refractivity contribution in [1.29, 1.82) is 0 Å². The summed E-state index contributed by atoms with van der Waals surface area (Å²) in [5.41, 5.74) is 1.46. The fourth-order valence-corrected chi connectivity index (χ4v) is 4.21. The fraction of sp³-hybridized carbons (Fsp3) is 0.125. The highest BCUT2D eigenvalue weighted by molar-refractivity contribution is 8.00. The molecule has 118 valence electrons. The molecule has 23 heavy (non-hydrogen) atoms. The summed E-state index contributed by atoms with van der Waals surface area (Å²) in [6.45, 7) is 0. The summed E-state index contributed by atoms with van der Waals surface area (Å²) in [4.78, 5) is 25.7. The van der Waals surface area contributed by atoms with E-state index in [2.05, 4.69) is 0 Å². The molecule has 0 aliphatic heterocycles. The van der Waals surface area contributed by atoms with Gasteiger partial charge < -0.3 is 0 Å². The van der Waals surface area contributed by atoms with Gasteiger partial charge in [-0.25, -0.2) is 0 Å². The predicted octanol–water partition coefficient (Wildman–Crippen LogP) is 2.44. The number of fused-ring (bicyclic) bond motifs is 2. The second kappa shape index (κ2) is 5.92. The van der Waals surface area contributed by atoms with E-state index < -0.39 is 10.1 Å². The topological polar surface area (TPSA) is 88.5 Å². The van der Waals surface area contributed by atoms with E-state index in [1.165, 1.54) is 11.8 Å². The molecule has 0 unspecified atom stereocenters. The van der Waals surface area contributed by atoms with E-state index >= 15 is 0 Å². The van der Waals surface area contributed by atoms with Crippen LogP contribution in [0.15, 0.2) is 47.4 Å². The maximum absolute atomic E-state index is 12.5. The number of thioether (sulfide) groups is 1. The minimum Gasteiger partial charge on any atom is -0.289 e. The highest BCUT2D eigenvalue weighted by Crippen LogP contribution is 2.30. The molecule has 0 amide bonds. The molecule has 3 rings (SSSR count). The third kappa shape index (κ3) is 3.21. The van der Waals surface area contributed by atoms with E-state index in [-0.39, 0.29) is 23.1 Å². The standard InChI is InChI=1S/C16H12O5S2/c17-15-11-3-1-2-4-12(11)16(18)14-9-10(5-6-13(14)15)22-7-8-23(19,20)21/h1-6,9H,7-8H2,(H,19,20,21). The zero-order valence-electron chi connectivity index (χ0n) is 11.9. The Morgan fingerprint density at radius 1 is 0.870 bits per heavy atom. The van der Waals surface area contributed by atoms with Crippen LogP contribution in [0.3, 0.4) is 0 Å². The van der Waals surface area contributed by atoms with Crippen molar-refractivity contribution in [1.82, 2.24) is 0 Å². The smallest absolute Gasteiger partial charge is 0.265 e. The minimum absolute atomic E-state index is 0.163. The lowest BCUT2D eigenvalue weighted by Gasteiger charge is -2.17. The first-order valence-electron chi connectivity index (χ1n) is 6.77. The van der Waals surface area contributed by atoms with Gasteiger partial charge in [-0.1, -0.05) is 24.3 Å². The second-order valence-electron chi connectivity index (χ2n) is 5.05. The molecule has 2 aromatic carbocycles. The number of ketones is 2. The molecule has 0 heterocycles. The summed E-state index contributed by atoms with van der Waals surface area (Å²) in [5, 5.41) is 0. The van der Waals surface area contributed by atoms with Crippen LogP contribution in [-0.2, 0) is 10.1 Å². The number of carbonyl (C=O) groups is 2. The largest absolute Gasteiger partial charge is 0.289 e. The van der Waals surface area contributed by atoms with Crippen molar-refractivity contribution < 1.29 is 22.6 Å². The molecule has 0 atom stereocenters. The number of rotatable bonds is 4. The highest BCUT2D eigenvalue weighted by atomic mass is 32.2. The molecule has 1 aliphatic carbocycles. The van der Waals surface area contributed by atoms with Gasteiger partial charge in [-0.3, -0.25) is 14.1 Å². The minimum atomic E-state index is -4.01. The van der Waals surface area contributed by atoms with Crippen LogP contribution in [0.4, 0.5) is 0 Å². The molecule has 2 aromatic rings. The summed E-state index contributed by atoms with van der Waals surface area (Å²) in [6.07, 6.45) is 0. The van der Waals surface area contributed by atoms with Crippen molar-refractivity contribution >= 4 is 33.4 Å². The van der Waals surface area contributed by atoms with Crippen molar-refractivity contribution in [3.63, 3.8) is 0 Å². The zero-order chi connectivity index (χ0) is 16.6. The average molecular weight is 348 g/mol. The van der Waals surface area contributed by atoms with E-state index in [1.54, 1.807) is 42.5 Å². The molecule has 0 saturated carbocycles. The van der Waals surface area contributed by atoms with E-state index in [1.807, 2.05) is 0 Å². The molecule has 7 heteroatoms. The Morgan fingerprint density at radius 3 is 2.04 bits per heavy atom. The Hall–Kier alpha value is -1.96. The van der Waals surface area contributed by atoms with Crippen molar-refractivity contribution in [3.05, 3.63) is 64.7 Å². The fourth-order valence-electron chi connectivity index (χ4n) is 2.43. The summed E-state index contributed by atoms with van der Waals surface area (Å²) in [7, 11) is -4.01. The van der Waals surface area contributed by atoms with Gasteiger partial charge in [0.1, 0.15) is 0 Å². The van der Waals surface area contributed by atoms with E-state index in [0.717, 1.165) is 0 Å². The Labute approximate surface area is 137 Å². The highest BCUT2D eigenvalue weighted by Gasteiger charge is 2.29. The molecule has 0 aromatic heterocycles. The number of benzene rings is 2. The van der Waals surface area contributed by atoms with E-state index in [4.69, 9.17) is 4.55 Å². The Morgan fingerprint density at radius 2 is 1.43 bits per heavy atom. The molecule has 0 bridgehead atoms. The van der Waals surface area contributed by atoms with Gasteiger partial charge in [0.25, 0.3) is 10.1 Å². The van der Waals surface area contributed by atoms with Gasteiger partial charge in [-0.2, -0.15) is 8.42 Å². The van der Waals surface area contributed by atoms with Gasteiger partial charge in [0.2, 0.25) is 0 Å². The Kier molecular flexibility index (Phi) is 4.09. The normalized spacial score (nSPS) is 13.6. The molecular weight excluding hydrogens is 336 g/mol. The Balaban J connectivity index is 1.91. The quantitative estimate of drug-likeness (QED) is 0.575. The molecule has 0 saturated heterocycles. The lowest BCUT2D eigenvalue weighted by atomic mass is 9.84. The van der Waals surface area contributed by atoms with Crippen molar-refractivity contribution in [2.24, 2.45) is 0 Å². The van der Waals surface area contributed by atoms with Crippen molar-refractivity contribution in [3.8, 4) is 0 Å². The zero-order valence-corrected chi connectivity index (χ0v) is 13.5. The van der Waals surface area contributed by atoms with Gasteiger partial charge >= 0.3 is 0 Å². The van der Waals surface area contributed by atoms with E-state index in [9.17, 15) is 18.0 Å². The van der Waals surface area contributed by atoms with Crippen LogP contribution in [0.1, 0.15) is 31.8 Å². The van der Waals surface area contributed by atoms with Crippen LogP contribution >= 0.6 is 11.8 Å². The summed E-state index contributed by atoms with van der Waals surface area (Å²) in [5.74, 6) is -0.613. The van der Waals surface area contributed by atoms with Gasteiger partial charge in [-0.15, -0.1) is 11.8 Å². The van der Waals surface area contributed by atoms with Crippen molar-refractivity contribution in [2.75, 3.05) is 11.5 Å². The van der Waals surface area contributed by atoms with Crippen LogP contribution < -0.4 is 0 Å². The van der Waals surface area contributed by atoms with Gasteiger partial charge in [0.05, 0.1) is 5.75 Å². The second-order valence-corrected chi connectivity index (χ2v) is 7.79. The maximum Gasteiger partial charge on any atom is 0.265 e. The van der Waals surface area contributed by atoms with Gasteiger partial charge in [0, 0.05) is 32.9 Å². The third-order valence-corrected chi connectivity index (χ3v) is 5.48. The first-order valence-corrected chi connectivity index (χ1v) is 9.37. The molecule has 5 nitrogen and oxygen atoms in total. The van der Waals surface area contributed by atoms with Gasteiger partial charge in [-0.05, 0) is 18.2 Å². The van der Waals surface area contributed by atoms with Crippen LogP contribution in [-0.4, -0.2) is 36.0 Å². The number of hydrogen-bond acceptors (Lipinski definition) is 5. The summed E-state index contributed by atoms with van der Waals surface area (Å²) < 4.78 is 30.2. The van der Waals surface area contributed by atoms with Crippen LogP contribution in [0.5, 0.6) is 0 Å². The molecular formula is C16H12O5S2. The Bertz CT molecular complexity index is 916. The monoisotopic (exact) mass is 348 g/mol. The average Bonchev–Trinajstić information content (AvgIpc) is 2.51. The van der Waals surface area contributed by atoms with Crippen LogP contribution in [0, 0.1) is 0 Å². The summed E-state index contributed by atoms with van der Waals surface area (Å²) in [6, 6.07) is 11.5. The summed E-state index contributed by atoms with van der Waals surface area (Å²) >= 11 is 1.20. The molecule has 0 radical (unpaired) electrons. The van der Waals surface area contributed by atoms with Crippen LogP contribution in [0.25, 0.3) is 0 Å². The maximum atomic E-state index is 12.5. The molecule has 1 aliphatic rings. The number of carbonyl (C=O) groups excluding carboxylic acids is 2. The van der Waals surface area contributed by atoms with Crippen molar-refractivity contribution in [2.45, 2.75) is 4.90 Å². The van der Waals surface area contributed by atoms with Gasteiger partial charge in [0.15, 0.2) is 11.6 Å². The number of hydrogen-bond donors (Lipinski definition) is 1.